The number of rotatable bonds is 10. The van der Waals surface area contributed by atoms with Gasteiger partial charge in [0, 0.05) is 52.3 Å². The standard InChI is InChI=1S/2C24H16F8O3/c1-11-9-33-23(34-10-11)13-6-17(26)21(18(27)7-13)24(31,32)35-14-2-3-15(16(25)8-14)12-4-19(28)22(30)20(29)5-12;1-11-9-33-23(34-10-11)12-2-3-15(16(25)4-12)13-5-17(26)21(18(27)6-13)24(31,32)35-14-7-19(28)22(30)20(29)8-14/h2*2-8,11,23H,9-10H2,1H3. The highest BCUT2D eigenvalue weighted by Crippen LogP contribution is 2.41. The quantitative estimate of drug-likeness (QED) is 0.101. The lowest BCUT2D eigenvalue weighted by molar-refractivity contribution is -0.203. The summed E-state index contributed by atoms with van der Waals surface area (Å²) in [5.41, 5.74) is -5.02. The molecule has 6 aromatic carbocycles. The average molecular weight is 1010 g/mol. The molecule has 0 bridgehead atoms. The first-order chi connectivity index (χ1) is 32.9. The van der Waals surface area contributed by atoms with Crippen molar-refractivity contribution < 1.29 is 98.7 Å². The van der Waals surface area contributed by atoms with Crippen molar-refractivity contribution in [3.63, 3.8) is 0 Å². The summed E-state index contributed by atoms with van der Waals surface area (Å²) in [4.78, 5) is 0. The SMILES string of the molecule is CC1COC(c2cc(F)c(C(F)(F)Oc3ccc(-c4cc(F)c(F)c(F)c4)c(F)c3)c(F)c2)OC1.CC1COC(c2ccc(-c3cc(F)c(C(F)(F)Oc4cc(F)c(F)c(F)c4)c(F)c3)c(F)c2)OC1. The molecule has 0 spiro atoms. The molecular formula is C48H32F16O6. The van der Waals surface area contributed by atoms with Gasteiger partial charge in [-0.1, -0.05) is 26.0 Å². The fraction of sp³-hybridized carbons (Fsp3) is 0.250. The van der Waals surface area contributed by atoms with Crippen LogP contribution in [0.15, 0.2) is 84.9 Å². The van der Waals surface area contributed by atoms with Crippen molar-refractivity contribution in [3.05, 3.63) is 177 Å². The third-order valence-electron chi connectivity index (χ3n) is 10.4. The molecule has 70 heavy (non-hydrogen) atoms. The molecule has 6 nitrogen and oxygen atoms in total. The van der Waals surface area contributed by atoms with Crippen molar-refractivity contribution in [2.75, 3.05) is 26.4 Å². The number of hydrogen-bond acceptors (Lipinski definition) is 6. The molecular weight excluding hydrogens is 976 g/mol. The largest absolute Gasteiger partial charge is 0.432 e. The Hall–Kier alpha value is -6.36. The summed E-state index contributed by atoms with van der Waals surface area (Å²) in [6.07, 6.45) is -11.3. The van der Waals surface area contributed by atoms with Crippen molar-refractivity contribution in [1.29, 1.82) is 0 Å². The molecule has 22 heteroatoms. The molecule has 0 unspecified atom stereocenters. The molecule has 6 aromatic rings. The van der Waals surface area contributed by atoms with Crippen LogP contribution < -0.4 is 9.47 Å². The van der Waals surface area contributed by atoms with Crippen LogP contribution in [0.4, 0.5) is 70.2 Å². The lowest BCUT2D eigenvalue weighted by Gasteiger charge is -2.28. The molecule has 0 atom stereocenters. The molecule has 0 radical (unpaired) electrons. The summed E-state index contributed by atoms with van der Waals surface area (Å²) in [7, 11) is 0. The van der Waals surface area contributed by atoms with Gasteiger partial charge in [0.25, 0.3) is 0 Å². The summed E-state index contributed by atoms with van der Waals surface area (Å²) in [5.74, 6) is -21.5. The minimum absolute atomic E-state index is 0.0471. The first-order valence-corrected chi connectivity index (χ1v) is 20.4. The van der Waals surface area contributed by atoms with Crippen LogP contribution in [0.5, 0.6) is 11.5 Å². The molecule has 2 fully saturated rings. The second kappa shape index (κ2) is 20.5. The first kappa shape index (κ1) is 51.5. The topological polar surface area (TPSA) is 55.4 Å². The maximum absolute atomic E-state index is 14.7. The average Bonchev–Trinajstić information content (AvgIpc) is 3.27. The van der Waals surface area contributed by atoms with Crippen LogP contribution in [0.25, 0.3) is 22.3 Å². The van der Waals surface area contributed by atoms with Crippen LogP contribution in [0.1, 0.15) is 48.7 Å². The van der Waals surface area contributed by atoms with Gasteiger partial charge in [-0.3, -0.25) is 0 Å². The molecule has 2 aliphatic rings. The van der Waals surface area contributed by atoms with Crippen LogP contribution in [-0.4, -0.2) is 26.4 Å². The Labute approximate surface area is 385 Å². The summed E-state index contributed by atoms with van der Waals surface area (Å²) in [6.45, 7) is 4.99. The van der Waals surface area contributed by atoms with Gasteiger partial charge in [0.15, 0.2) is 47.5 Å². The van der Waals surface area contributed by atoms with Crippen LogP contribution in [-0.2, 0) is 31.2 Å². The van der Waals surface area contributed by atoms with E-state index in [9.17, 15) is 70.2 Å². The maximum Gasteiger partial charge on any atom is 0.432 e. The second-order valence-corrected chi connectivity index (χ2v) is 16.0. The summed E-state index contributed by atoms with van der Waals surface area (Å²) in [5, 5.41) is 0. The molecule has 0 aromatic heterocycles. The first-order valence-electron chi connectivity index (χ1n) is 20.4. The molecule has 0 N–H and O–H groups in total. The van der Waals surface area contributed by atoms with E-state index in [0.29, 0.717) is 61.2 Å². The maximum atomic E-state index is 14.7. The van der Waals surface area contributed by atoms with Crippen LogP contribution in [0.3, 0.4) is 0 Å². The van der Waals surface area contributed by atoms with Gasteiger partial charge in [0.2, 0.25) is 0 Å². The van der Waals surface area contributed by atoms with Crippen molar-refractivity contribution in [3.8, 4) is 33.8 Å². The van der Waals surface area contributed by atoms with Gasteiger partial charge in [0.1, 0.15) is 57.5 Å². The van der Waals surface area contributed by atoms with E-state index in [1.54, 1.807) is 0 Å². The van der Waals surface area contributed by atoms with E-state index in [2.05, 4.69) is 9.47 Å². The highest BCUT2D eigenvalue weighted by Gasteiger charge is 2.43. The fourth-order valence-electron chi connectivity index (χ4n) is 7.00. The minimum Gasteiger partial charge on any atom is -0.429 e. The molecule has 2 heterocycles. The van der Waals surface area contributed by atoms with Gasteiger partial charge in [-0.05, 0) is 65.7 Å². The van der Waals surface area contributed by atoms with Gasteiger partial charge in [-0.25, -0.2) is 52.7 Å². The van der Waals surface area contributed by atoms with Gasteiger partial charge in [-0.2, -0.15) is 17.6 Å². The predicted molar refractivity (Wildman–Crippen MR) is 213 cm³/mol. The molecule has 0 aliphatic carbocycles. The Morgan fingerprint density at radius 1 is 0.386 bits per heavy atom. The third kappa shape index (κ3) is 11.3. The zero-order chi connectivity index (χ0) is 51.0. The lowest BCUT2D eigenvalue weighted by Crippen LogP contribution is -2.27. The predicted octanol–water partition coefficient (Wildman–Crippen LogP) is 14.0. The highest BCUT2D eigenvalue weighted by molar-refractivity contribution is 5.66. The van der Waals surface area contributed by atoms with Crippen molar-refractivity contribution in [2.24, 2.45) is 11.8 Å². The highest BCUT2D eigenvalue weighted by atomic mass is 19.3. The Morgan fingerprint density at radius 3 is 1.14 bits per heavy atom. The van der Waals surface area contributed by atoms with E-state index in [4.69, 9.17) is 18.9 Å². The zero-order valence-corrected chi connectivity index (χ0v) is 35.7. The Kier molecular flexibility index (Phi) is 15.1. The van der Waals surface area contributed by atoms with Crippen LogP contribution >= 0.6 is 0 Å². The molecule has 372 valence electrons. The molecule has 0 saturated carbocycles. The van der Waals surface area contributed by atoms with Gasteiger partial charge >= 0.3 is 12.2 Å². The Bertz CT molecular complexity index is 2810. The summed E-state index contributed by atoms with van der Waals surface area (Å²) in [6, 6.07) is 9.03. The van der Waals surface area contributed by atoms with E-state index in [0.717, 1.165) is 18.2 Å². The molecule has 2 aliphatic heterocycles. The monoisotopic (exact) mass is 1010 g/mol. The van der Waals surface area contributed by atoms with Crippen molar-refractivity contribution >= 4 is 0 Å². The number of hydrogen-bond donors (Lipinski definition) is 0. The van der Waals surface area contributed by atoms with Gasteiger partial charge in [-0.15, -0.1) is 0 Å². The number of alkyl halides is 4. The number of halogens is 16. The van der Waals surface area contributed by atoms with E-state index in [-0.39, 0.29) is 48.3 Å². The Balaban J connectivity index is 0.000000206. The molecule has 2 saturated heterocycles. The number of ether oxygens (including phenoxy) is 6. The molecule has 0 amide bonds. The minimum atomic E-state index is -4.75. The normalized spacial score (nSPS) is 18.5. The zero-order valence-electron chi connectivity index (χ0n) is 35.7. The Morgan fingerprint density at radius 2 is 0.714 bits per heavy atom. The third-order valence-corrected chi connectivity index (χ3v) is 10.4. The van der Waals surface area contributed by atoms with Crippen LogP contribution in [0, 0.1) is 81.6 Å². The smallest absolute Gasteiger partial charge is 0.429 e. The summed E-state index contributed by atoms with van der Waals surface area (Å²) >= 11 is 0. The van der Waals surface area contributed by atoms with Gasteiger partial charge < -0.3 is 28.4 Å². The van der Waals surface area contributed by atoms with E-state index in [1.807, 2.05) is 13.8 Å². The van der Waals surface area contributed by atoms with Crippen molar-refractivity contribution in [2.45, 2.75) is 38.6 Å². The van der Waals surface area contributed by atoms with E-state index < -0.39 is 134 Å². The molecule has 8 rings (SSSR count). The van der Waals surface area contributed by atoms with Gasteiger partial charge in [0.05, 0.1) is 26.4 Å². The lowest BCUT2D eigenvalue weighted by atomic mass is 10.00. The fourth-order valence-corrected chi connectivity index (χ4v) is 7.00. The second-order valence-electron chi connectivity index (χ2n) is 16.0. The van der Waals surface area contributed by atoms with E-state index in [1.165, 1.54) is 12.1 Å². The van der Waals surface area contributed by atoms with E-state index >= 15 is 0 Å². The van der Waals surface area contributed by atoms with Crippen molar-refractivity contribution in [1.82, 2.24) is 0 Å². The summed E-state index contributed by atoms with van der Waals surface area (Å²) < 4.78 is 255. The van der Waals surface area contributed by atoms with Crippen LogP contribution in [0.2, 0.25) is 0 Å². The number of benzene rings is 6.